The molecule has 9 rings (SSSR count). The summed E-state index contributed by atoms with van der Waals surface area (Å²) >= 11 is 11.7. The zero-order valence-electron chi connectivity index (χ0n) is 32.5. The average molecular weight is 1160 g/mol. The Labute approximate surface area is 397 Å². The first kappa shape index (κ1) is 47.9. The van der Waals surface area contributed by atoms with Crippen LogP contribution in [0.1, 0.15) is 5.56 Å². The molecule has 3 heterocycles. The van der Waals surface area contributed by atoms with E-state index >= 15 is 0 Å². The van der Waals surface area contributed by atoms with E-state index in [-0.39, 0.29) is 0 Å². The monoisotopic (exact) mass is 1160 g/mol. The molecule has 3 nitrogen and oxygen atoms in total. The van der Waals surface area contributed by atoms with Gasteiger partial charge >= 0.3 is 66.2 Å². The first-order chi connectivity index (χ1) is 29.7. The number of nitrogens with zero attached hydrogens (tertiary/aromatic N) is 1. The summed E-state index contributed by atoms with van der Waals surface area (Å²) in [6.45, 7) is 2.06. The van der Waals surface area contributed by atoms with E-state index in [0.29, 0.717) is 0 Å². The number of benzene rings is 6. The fourth-order valence-corrected chi connectivity index (χ4v) is 12.7. The Morgan fingerprint density at radius 1 is 0.367 bits per heavy atom. The fourth-order valence-electron chi connectivity index (χ4n) is 6.13. The van der Waals surface area contributed by atoms with Gasteiger partial charge in [0.1, 0.15) is 11.0 Å². The van der Waals surface area contributed by atoms with Crippen molar-refractivity contribution >= 4 is 113 Å². The molecule has 0 amide bonds. The minimum atomic E-state index is -0.833. The van der Waals surface area contributed by atoms with Gasteiger partial charge in [-0.1, -0.05) is 182 Å². The summed E-state index contributed by atoms with van der Waals surface area (Å²) in [5, 5.41) is 8.39. The van der Waals surface area contributed by atoms with Crippen LogP contribution in [0.4, 0.5) is 0 Å². The van der Waals surface area contributed by atoms with E-state index < -0.39 is 23.8 Å². The summed E-state index contributed by atoms with van der Waals surface area (Å²) in [6.07, 6.45) is 5.19. The summed E-state index contributed by atoms with van der Waals surface area (Å²) in [7, 11) is -1.72. The van der Waals surface area contributed by atoms with Crippen molar-refractivity contribution in [2.24, 2.45) is 0 Å². The second-order valence-corrected chi connectivity index (χ2v) is 19.1. The Hall–Kier alpha value is -3.18. The van der Waals surface area contributed by atoms with Crippen LogP contribution in [0.15, 0.2) is 246 Å². The molecule has 0 N–H and O–H groups in total. The van der Waals surface area contributed by atoms with Crippen LogP contribution >= 0.6 is 64.5 Å². The molecule has 310 valence electrons. The van der Waals surface area contributed by atoms with E-state index in [1.54, 1.807) is 53.2 Å². The SMILES string of the molecule is Cc1ccnc(P(c2ccco2)c2ccco2)c1.[Cu][I].[Cu][I].c1ccc(P(c2ccccc2)c2ccccc2)cc1.c1ccc(P(c2ccccc2)c2ccccc2)cc1. The molecule has 9 aromatic rings. The van der Waals surface area contributed by atoms with Crippen LogP contribution in [0.3, 0.4) is 0 Å². The van der Waals surface area contributed by atoms with Crippen LogP contribution in [0.2, 0.25) is 0 Å². The van der Waals surface area contributed by atoms with Gasteiger partial charge < -0.3 is 8.83 Å². The number of hydrogen-bond donors (Lipinski definition) is 0. The number of aromatic nitrogens is 1. The molecule has 0 aliphatic carbocycles. The molecule has 60 heavy (non-hydrogen) atoms. The van der Waals surface area contributed by atoms with Crippen molar-refractivity contribution in [1.29, 1.82) is 0 Å². The third-order valence-corrected chi connectivity index (χ3v) is 15.7. The Morgan fingerprint density at radius 3 is 0.883 bits per heavy atom. The molecule has 0 radical (unpaired) electrons. The van der Waals surface area contributed by atoms with Crippen molar-refractivity contribution in [2.45, 2.75) is 6.92 Å². The molecule has 0 aliphatic heterocycles. The van der Waals surface area contributed by atoms with Crippen molar-refractivity contribution < 1.29 is 34.4 Å². The van der Waals surface area contributed by atoms with Gasteiger partial charge in [-0.15, -0.1) is 0 Å². The van der Waals surface area contributed by atoms with Gasteiger partial charge in [-0.25, -0.2) is 0 Å². The largest absolute Gasteiger partial charge is 0.0622 e. The molecule has 0 spiro atoms. The molecule has 0 atom stereocenters. The van der Waals surface area contributed by atoms with Crippen LogP contribution in [0, 0.1) is 6.92 Å². The predicted octanol–water partition coefficient (Wildman–Crippen LogP) is 11.0. The van der Waals surface area contributed by atoms with Crippen molar-refractivity contribution in [3.63, 3.8) is 0 Å². The Kier molecular flexibility index (Phi) is 22.1. The molecule has 6 aromatic carbocycles. The predicted molar refractivity (Wildman–Crippen MR) is 271 cm³/mol. The van der Waals surface area contributed by atoms with Crippen molar-refractivity contribution in [3.8, 4) is 0 Å². The molecular weight excluding hydrogens is 1120 g/mol. The second-order valence-electron chi connectivity index (χ2n) is 12.6. The summed E-state index contributed by atoms with van der Waals surface area (Å²) < 4.78 is 11.1. The Balaban J connectivity index is 0.000000164. The first-order valence-electron chi connectivity index (χ1n) is 18.7. The molecule has 0 unspecified atom stereocenters. The van der Waals surface area contributed by atoms with Gasteiger partial charge in [0.15, 0.2) is 0 Å². The van der Waals surface area contributed by atoms with Crippen LogP contribution in [-0.4, -0.2) is 4.98 Å². The Morgan fingerprint density at radius 2 is 0.650 bits per heavy atom. The molecule has 0 saturated carbocycles. The maximum absolute atomic E-state index is 5.54. The normalized spacial score (nSPS) is 10.2. The van der Waals surface area contributed by atoms with Crippen LogP contribution in [0.5, 0.6) is 0 Å². The van der Waals surface area contributed by atoms with Crippen molar-refractivity contribution in [1.82, 2.24) is 4.98 Å². The number of furan rings is 2. The molecule has 0 bridgehead atoms. The first-order valence-corrected chi connectivity index (χ1v) is 28.8. The average Bonchev–Trinajstić information content (AvgIpc) is 4.07. The quantitative estimate of drug-likeness (QED) is 0.0821. The minimum Gasteiger partial charge on any atom is -0.0622 e. The molecule has 0 saturated heterocycles. The topological polar surface area (TPSA) is 39.2 Å². The maximum atomic E-state index is 5.54. The van der Waals surface area contributed by atoms with Gasteiger partial charge in [-0.3, -0.25) is 4.98 Å². The van der Waals surface area contributed by atoms with E-state index in [4.69, 9.17) is 8.83 Å². The molecule has 10 heteroatoms. The van der Waals surface area contributed by atoms with Crippen LogP contribution < -0.4 is 48.3 Å². The van der Waals surface area contributed by atoms with Gasteiger partial charge in [0, 0.05) is 6.20 Å². The number of rotatable bonds is 9. The molecular formula is C50H42Cu2I2NO2P3. The zero-order valence-corrected chi connectivity index (χ0v) is 41.4. The van der Waals surface area contributed by atoms with Gasteiger partial charge in [0.05, 0.1) is 25.9 Å². The van der Waals surface area contributed by atoms with Gasteiger partial charge in [0.25, 0.3) is 0 Å². The van der Waals surface area contributed by atoms with Gasteiger partial charge in [-0.2, -0.15) is 0 Å². The van der Waals surface area contributed by atoms with Crippen molar-refractivity contribution in [2.75, 3.05) is 0 Å². The zero-order chi connectivity index (χ0) is 42.2. The van der Waals surface area contributed by atoms with Crippen LogP contribution in [0.25, 0.3) is 0 Å². The molecule has 3 aromatic heterocycles. The van der Waals surface area contributed by atoms with Crippen LogP contribution in [-0.2, 0) is 25.5 Å². The maximum Gasteiger partial charge on any atom is -0.0134 e. The van der Waals surface area contributed by atoms with E-state index in [2.05, 4.69) is 225 Å². The van der Waals surface area contributed by atoms with Gasteiger partial charge in [0.2, 0.25) is 0 Å². The summed E-state index contributed by atoms with van der Waals surface area (Å²) in [5.41, 5.74) is 3.98. The number of halogens is 2. The second kappa shape index (κ2) is 27.7. The Bertz CT molecular complexity index is 2100. The van der Waals surface area contributed by atoms with E-state index in [1.807, 2.05) is 36.5 Å². The van der Waals surface area contributed by atoms with E-state index in [9.17, 15) is 0 Å². The van der Waals surface area contributed by atoms with Crippen molar-refractivity contribution in [3.05, 3.63) is 243 Å². The fraction of sp³-hybridized carbons (Fsp3) is 0.0200. The molecule has 0 fully saturated rings. The third kappa shape index (κ3) is 14.5. The summed E-state index contributed by atoms with van der Waals surface area (Å²) in [5.74, 6) is 0. The standard InChI is InChI=1S/2C18H15P.C14H12NO2P.2Cu.2HI/c2*1-4-10-16(11-5-1)19(17-12-6-2-7-13-17)18-14-8-3-9-15-18;1-11-6-7-15-12(10-11)18(13-4-2-8-16-13)14-5-3-9-17-14;;;;/h2*1-15H;2-10H,1H3;;;2*1H/q;;;2*+1;;/p-2. The summed E-state index contributed by atoms with van der Waals surface area (Å²) in [6, 6.07) is 76.4. The van der Waals surface area contributed by atoms with E-state index in [1.165, 1.54) is 37.4 Å². The number of hydrogen-bond acceptors (Lipinski definition) is 3. The van der Waals surface area contributed by atoms with Gasteiger partial charge in [-0.05, 0) is 96.6 Å². The molecule has 0 aliphatic rings. The minimum absolute atomic E-state index is 0.446. The number of aryl methyl sites for hydroxylation is 1. The van der Waals surface area contributed by atoms with E-state index in [0.717, 1.165) is 16.4 Å². The number of pyridine rings is 1. The summed E-state index contributed by atoms with van der Waals surface area (Å²) in [4.78, 5) is 4.46. The smallest absolute Gasteiger partial charge is 0.0134 e. The third-order valence-electron chi connectivity index (χ3n) is 8.67.